The number of allylic oxidation sites excluding steroid dienone is 2. The summed E-state index contributed by atoms with van der Waals surface area (Å²) in [7, 11) is 0. The van der Waals surface area contributed by atoms with Crippen molar-refractivity contribution in [1.82, 2.24) is 0 Å². The lowest BCUT2D eigenvalue weighted by Crippen LogP contribution is -2.00. The predicted octanol–water partition coefficient (Wildman–Crippen LogP) is 4.10. The zero-order chi connectivity index (χ0) is 12.5. The lowest BCUT2D eigenvalue weighted by molar-refractivity contribution is 0.0660. The second-order valence-corrected chi connectivity index (χ2v) is 3.92. The molecular weight excluding hydrogens is 212 g/mol. The summed E-state index contributed by atoms with van der Waals surface area (Å²) in [4.78, 5) is 11.6. The van der Waals surface area contributed by atoms with Crippen molar-refractivity contribution >= 4 is 5.97 Å². The molecule has 0 spiro atoms. The van der Waals surface area contributed by atoms with E-state index in [1.807, 2.05) is 31.2 Å². The first kappa shape index (κ1) is 13.2. The monoisotopic (exact) mass is 230 g/mol. The highest BCUT2D eigenvalue weighted by Crippen LogP contribution is 2.08. The van der Waals surface area contributed by atoms with Crippen LogP contribution in [0.5, 0.6) is 0 Å². The Labute approximate surface area is 103 Å². The summed E-state index contributed by atoms with van der Waals surface area (Å²) >= 11 is 0. The van der Waals surface area contributed by atoms with Gasteiger partial charge >= 0.3 is 5.97 Å². The van der Waals surface area contributed by atoms with Crippen LogP contribution in [0.4, 0.5) is 0 Å². The number of carbonyl (C=O) groups excluding carboxylic acids is 1. The second kappa shape index (κ2) is 7.44. The molecule has 0 heterocycles. The zero-order valence-corrected chi connectivity index (χ0v) is 10.2. The Balaban J connectivity index is 2.41. The maximum absolute atomic E-state index is 11.6. The van der Waals surface area contributed by atoms with Crippen LogP contribution >= 0.6 is 0 Å². The van der Waals surface area contributed by atoms with E-state index < -0.39 is 0 Å². The number of benzene rings is 1. The van der Waals surface area contributed by atoms with Gasteiger partial charge in [-0.1, -0.05) is 24.3 Å². The van der Waals surface area contributed by atoms with Crippen LogP contribution in [-0.2, 0) is 4.74 Å². The number of ether oxygens (including phenoxy) is 1. The average Bonchev–Trinajstić information content (AvgIpc) is 2.37. The van der Waals surface area contributed by atoms with Crippen molar-refractivity contribution in [1.29, 1.82) is 0 Å². The van der Waals surface area contributed by atoms with Gasteiger partial charge in [0.05, 0.1) is 11.8 Å². The normalized spacial score (nSPS) is 11.0. The van der Waals surface area contributed by atoms with Gasteiger partial charge in [-0.25, -0.2) is 4.79 Å². The van der Waals surface area contributed by atoms with Crippen molar-refractivity contribution in [3.8, 4) is 0 Å². The standard InChI is InChI=1S/C15H18O2/c1-3-4-6-9-13(2)12-17-15(16)14-10-7-5-8-11-14/h3,5,7-8,10-12H,1,4,6,9H2,2H3/b13-12+. The molecule has 0 saturated heterocycles. The summed E-state index contributed by atoms with van der Waals surface area (Å²) in [5.41, 5.74) is 1.64. The Kier molecular flexibility index (Phi) is 5.80. The lowest BCUT2D eigenvalue weighted by atomic mass is 10.1. The van der Waals surface area contributed by atoms with E-state index in [4.69, 9.17) is 4.74 Å². The number of hydrogen-bond acceptors (Lipinski definition) is 2. The van der Waals surface area contributed by atoms with Gasteiger partial charge in [-0.2, -0.15) is 0 Å². The van der Waals surface area contributed by atoms with Crippen molar-refractivity contribution in [2.24, 2.45) is 0 Å². The van der Waals surface area contributed by atoms with Gasteiger partial charge in [0.15, 0.2) is 0 Å². The van der Waals surface area contributed by atoms with Gasteiger partial charge in [0, 0.05) is 0 Å². The first-order valence-corrected chi connectivity index (χ1v) is 5.76. The van der Waals surface area contributed by atoms with E-state index in [1.165, 1.54) is 0 Å². The highest BCUT2D eigenvalue weighted by molar-refractivity contribution is 5.89. The van der Waals surface area contributed by atoms with Crippen molar-refractivity contribution in [3.63, 3.8) is 0 Å². The van der Waals surface area contributed by atoms with E-state index in [2.05, 4.69) is 6.58 Å². The minimum absolute atomic E-state index is 0.311. The molecule has 0 aromatic heterocycles. The van der Waals surface area contributed by atoms with Crippen LogP contribution in [-0.4, -0.2) is 5.97 Å². The molecule has 2 nitrogen and oxygen atoms in total. The Morgan fingerprint density at radius 1 is 1.35 bits per heavy atom. The van der Waals surface area contributed by atoms with E-state index in [0.717, 1.165) is 24.8 Å². The fraction of sp³-hybridized carbons (Fsp3) is 0.267. The Bertz CT molecular complexity index is 391. The highest BCUT2D eigenvalue weighted by atomic mass is 16.5. The maximum Gasteiger partial charge on any atom is 0.342 e. The van der Waals surface area contributed by atoms with Crippen LogP contribution in [0.1, 0.15) is 36.5 Å². The molecule has 0 fully saturated rings. The summed E-state index contributed by atoms with van der Waals surface area (Å²) < 4.78 is 5.09. The predicted molar refractivity (Wildman–Crippen MR) is 69.7 cm³/mol. The van der Waals surface area contributed by atoms with Crippen LogP contribution in [0, 0.1) is 0 Å². The van der Waals surface area contributed by atoms with Gasteiger partial charge in [-0.05, 0) is 43.9 Å². The third-order valence-corrected chi connectivity index (χ3v) is 2.36. The van der Waals surface area contributed by atoms with Crippen molar-refractivity contribution in [3.05, 3.63) is 60.4 Å². The molecule has 0 saturated carbocycles. The molecule has 0 aliphatic carbocycles. The third-order valence-electron chi connectivity index (χ3n) is 2.36. The van der Waals surface area contributed by atoms with Crippen molar-refractivity contribution in [2.75, 3.05) is 0 Å². The summed E-state index contributed by atoms with van der Waals surface area (Å²) in [6.45, 7) is 5.63. The molecule has 0 aliphatic heterocycles. The van der Waals surface area contributed by atoms with Crippen LogP contribution in [0.3, 0.4) is 0 Å². The maximum atomic E-state index is 11.6. The molecule has 0 bridgehead atoms. The van der Waals surface area contributed by atoms with Gasteiger partial charge in [0.2, 0.25) is 0 Å². The van der Waals surface area contributed by atoms with E-state index in [1.54, 1.807) is 18.4 Å². The van der Waals surface area contributed by atoms with Crippen LogP contribution in [0.15, 0.2) is 54.8 Å². The number of carbonyl (C=O) groups is 1. The van der Waals surface area contributed by atoms with Gasteiger partial charge in [0.25, 0.3) is 0 Å². The Hall–Kier alpha value is -1.83. The molecule has 0 atom stereocenters. The first-order valence-electron chi connectivity index (χ1n) is 5.76. The van der Waals surface area contributed by atoms with Crippen LogP contribution in [0.25, 0.3) is 0 Å². The molecule has 0 N–H and O–H groups in total. The van der Waals surface area contributed by atoms with Crippen LogP contribution in [0.2, 0.25) is 0 Å². The molecule has 1 rings (SSSR count). The quantitative estimate of drug-likeness (QED) is 0.318. The first-order chi connectivity index (χ1) is 8.24. The number of unbranched alkanes of at least 4 members (excludes halogenated alkanes) is 1. The molecule has 0 unspecified atom stereocenters. The topological polar surface area (TPSA) is 26.3 Å². The van der Waals surface area contributed by atoms with Crippen molar-refractivity contribution < 1.29 is 9.53 Å². The van der Waals surface area contributed by atoms with Gasteiger partial charge in [0.1, 0.15) is 0 Å². The van der Waals surface area contributed by atoms with Crippen LogP contribution < -0.4 is 0 Å². The Morgan fingerprint density at radius 3 is 2.71 bits per heavy atom. The highest BCUT2D eigenvalue weighted by Gasteiger charge is 2.03. The molecule has 0 amide bonds. The average molecular weight is 230 g/mol. The molecule has 1 aromatic rings. The number of hydrogen-bond donors (Lipinski definition) is 0. The number of esters is 1. The van der Waals surface area contributed by atoms with E-state index in [9.17, 15) is 4.79 Å². The van der Waals surface area contributed by atoms with Gasteiger partial charge in [-0.15, -0.1) is 6.58 Å². The fourth-order valence-corrected chi connectivity index (χ4v) is 1.38. The number of rotatable bonds is 6. The smallest absolute Gasteiger partial charge is 0.342 e. The van der Waals surface area contributed by atoms with Gasteiger partial charge < -0.3 is 4.74 Å². The Morgan fingerprint density at radius 2 is 2.06 bits per heavy atom. The summed E-state index contributed by atoms with van der Waals surface area (Å²) in [6, 6.07) is 8.98. The van der Waals surface area contributed by atoms with Gasteiger partial charge in [-0.3, -0.25) is 0 Å². The zero-order valence-electron chi connectivity index (χ0n) is 10.2. The minimum Gasteiger partial charge on any atom is -0.431 e. The SMILES string of the molecule is C=CCCC/C(C)=C/OC(=O)c1ccccc1. The fourth-order valence-electron chi connectivity index (χ4n) is 1.38. The molecule has 1 aromatic carbocycles. The van der Waals surface area contributed by atoms with E-state index in [-0.39, 0.29) is 5.97 Å². The molecule has 2 heteroatoms. The van der Waals surface area contributed by atoms with E-state index >= 15 is 0 Å². The third kappa shape index (κ3) is 5.16. The molecule has 17 heavy (non-hydrogen) atoms. The van der Waals surface area contributed by atoms with Crippen molar-refractivity contribution in [2.45, 2.75) is 26.2 Å². The van der Waals surface area contributed by atoms with E-state index in [0.29, 0.717) is 5.56 Å². The molecular formula is C15H18O2. The summed E-state index contributed by atoms with van der Waals surface area (Å²) in [5, 5.41) is 0. The lowest BCUT2D eigenvalue weighted by Gasteiger charge is -2.02. The molecule has 90 valence electrons. The minimum atomic E-state index is -0.311. The molecule has 0 radical (unpaired) electrons. The summed E-state index contributed by atoms with van der Waals surface area (Å²) in [5.74, 6) is -0.311. The largest absolute Gasteiger partial charge is 0.431 e. The second-order valence-electron chi connectivity index (χ2n) is 3.92. The summed E-state index contributed by atoms with van der Waals surface area (Å²) in [6.07, 6.45) is 6.38. The molecule has 0 aliphatic rings.